The van der Waals surface area contributed by atoms with E-state index in [1.165, 1.54) is 21.3 Å². The van der Waals surface area contributed by atoms with Crippen LogP contribution in [0.3, 0.4) is 0 Å². The molecule has 0 aliphatic carbocycles. The van der Waals surface area contributed by atoms with Crippen LogP contribution in [0.25, 0.3) is 0 Å². The maximum absolute atomic E-state index is 12.4. The molecule has 25 heavy (non-hydrogen) atoms. The predicted molar refractivity (Wildman–Crippen MR) is 92.9 cm³/mol. The summed E-state index contributed by atoms with van der Waals surface area (Å²) in [6, 6.07) is 8.80. The molecule has 0 spiro atoms. The van der Waals surface area contributed by atoms with Crippen molar-refractivity contribution in [3.05, 3.63) is 47.0 Å². The quantitative estimate of drug-likeness (QED) is 0.716. The second-order valence-corrected chi connectivity index (χ2v) is 5.31. The van der Waals surface area contributed by atoms with E-state index in [2.05, 4.69) is 0 Å². The molecule has 2 aromatic rings. The SMILES string of the molecule is COc1ccc(C)cc1COC(=O)c1cc(OC)c(OC)c(OC)c1. The second-order valence-electron chi connectivity index (χ2n) is 5.31. The molecule has 0 bridgehead atoms. The summed E-state index contributed by atoms with van der Waals surface area (Å²) in [4.78, 5) is 12.4. The summed E-state index contributed by atoms with van der Waals surface area (Å²) in [5.74, 6) is 1.37. The number of ether oxygens (including phenoxy) is 5. The van der Waals surface area contributed by atoms with Gasteiger partial charge in [-0.15, -0.1) is 0 Å². The van der Waals surface area contributed by atoms with Crippen LogP contribution in [0.2, 0.25) is 0 Å². The fraction of sp³-hybridized carbons (Fsp3) is 0.316. The molecular formula is C19H22O6. The van der Waals surface area contributed by atoms with Gasteiger partial charge in [-0.2, -0.15) is 0 Å². The van der Waals surface area contributed by atoms with E-state index < -0.39 is 5.97 Å². The molecule has 0 unspecified atom stereocenters. The highest BCUT2D eigenvalue weighted by Gasteiger charge is 2.18. The molecule has 2 rings (SSSR count). The zero-order valence-electron chi connectivity index (χ0n) is 15.0. The Morgan fingerprint density at radius 3 is 1.96 bits per heavy atom. The molecule has 6 heteroatoms. The third-order valence-corrected chi connectivity index (χ3v) is 3.70. The Bertz CT molecular complexity index is 729. The Labute approximate surface area is 147 Å². The van der Waals surface area contributed by atoms with Crippen LogP contribution in [0.4, 0.5) is 0 Å². The van der Waals surface area contributed by atoms with Crippen LogP contribution < -0.4 is 18.9 Å². The van der Waals surface area contributed by atoms with E-state index in [9.17, 15) is 4.79 Å². The number of carbonyl (C=O) groups excluding carboxylic acids is 1. The fourth-order valence-electron chi connectivity index (χ4n) is 2.45. The third-order valence-electron chi connectivity index (χ3n) is 3.70. The molecule has 0 aromatic heterocycles. The monoisotopic (exact) mass is 346 g/mol. The summed E-state index contributed by atoms with van der Waals surface area (Å²) >= 11 is 0. The number of esters is 1. The van der Waals surface area contributed by atoms with Gasteiger partial charge in [-0.25, -0.2) is 4.79 Å². The number of hydrogen-bond acceptors (Lipinski definition) is 6. The highest BCUT2D eigenvalue weighted by molar-refractivity contribution is 5.91. The van der Waals surface area contributed by atoms with E-state index in [1.54, 1.807) is 19.2 Å². The Kier molecular flexibility index (Phi) is 6.11. The first kappa shape index (κ1) is 18.4. The molecule has 0 radical (unpaired) electrons. The highest BCUT2D eigenvalue weighted by atomic mass is 16.5. The van der Waals surface area contributed by atoms with Gasteiger partial charge in [0.2, 0.25) is 5.75 Å². The summed E-state index contributed by atoms with van der Waals surface area (Å²) in [6.45, 7) is 2.06. The highest BCUT2D eigenvalue weighted by Crippen LogP contribution is 2.38. The topological polar surface area (TPSA) is 63.2 Å². The molecule has 0 saturated carbocycles. The lowest BCUT2D eigenvalue weighted by molar-refractivity contribution is 0.0469. The van der Waals surface area contributed by atoms with Crippen molar-refractivity contribution in [2.75, 3.05) is 28.4 Å². The summed E-state index contributed by atoms with van der Waals surface area (Å²) < 4.78 is 26.5. The van der Waals surface area contributed by atoms with Crippen molar-refractivity contribution < 1.29 is 28.5 Å². The van der Waals surface area contributed by atoms with Gasteiger partial charge in [-0.1, -0.05) is 11.6 Å². The van der Waals surface area contributed by atoms with Crippen LogP contribution in [0.5, 0.6) is 23.0 Å². The van der Waals surface area contributed by atoms with Gasteiger partial charge in [-0.3, -0.25) is 0 Å². The van der Waals surface area contributed by atoms with Gasteiger partial charge in [0.1, 0.15) is 12.4 Å². The van der Waals surface area contributed by atoms with Crippen molar-refractivity contribution in [1.29, 1.82) is 0 Å². The van der Waals surface area contributed by atoms with Gasteiger partial charge in [0.25, 0.3) is 0 Å². The minimum Gasteiger partial charge on any atom is -0.496 e. The van der Waals surface area contributed by atoms with Crippen LogP contribution in [-0.2, 0) is 11.3 Å². The molecule has 2 aromatic carbocycles. The zero-order valence-corrected chi connectivity index (χ0v) is 15.0. The average molecular weight is 346 g/mol. The van der Waals surface area contributed by atoms with Crippen LogP contribution in [0.1, 0.15) is 21.5 Å². The summed E-state index contributed by atoms with van der Waals surface area (Å²) in [5, 5.41) is 0. The van der Waals surface area contributed by atoms with Crippen molar-refractivity contribution in [2.24, 2.45) is 0 Å². The van der Waals surface area contributed by atoms with Crippen LogP contribution in [-0.4, -0.2) is 34.4 Å². The minimum atomic E-state index is -0.497. The van der Waals surface area contributed by atoms with Gasteiger partial charge < -0.3 is 23.7 Å². The van der Waals surface area contributed by atoms with Gasteiger partial charge in [-0.05, 0) is 31.2 Å². The number of methoxy groups -OCH3 is 4. The van der Waals surface area contributed by atoms with Gasteiger partial charge in [0.05, 0.1) is 34.0 Å². The summed E-state index contributed by atoms with van der Waals surface area (Å²) in [5.41, 5.74) is 2.16. The first-order valence-corrected chi connectivity index (χ1v) is 7.64. The zero-order chi connectivity index (χ0) is 18.4. The summed E-state index contributed by atoms with van der Waals surface area (Å²) in [7, 11) is 6.06. The standard InChI is InChI=1S/C19H22O6/c1-12-6-7-15(21-2)14(8-12)11-25-19(20)13-9-16(22-3)18(24-5)17(10-13)23-4/h6-10H,11H2,1-5H3. The Morgan fingerprint density at radius 1 is 0.840 bits per heavy atom. The van der Waals surface area contributed by atoms with Gasteiger partial charge in [0.15, 0.2) is 11.5 Å². The fourth-order valence-corrected chi connectivity index (χ4v) is 2.45. The van der Waals surface area contributed by atoms with E-state index in [0.29, 0.717) is 28.6 Å². The molecule has 0 N–H and O–H groups in total. The Morgan fingerprint density at radius 2 is 1.44 bits per heavy atom. The molecule has 0 heterocycles. The van der Waals surface area contributed by atoms with Crippen molar-refractivity contribution in [3.8, 4) is 23.0 Å². The molecule has 6 nitrogen and oxygen atoms in total. The molecule has 134 valence electrons. The van der Waals surface area contributed by atoms with Crippen LogP contribution in [0, 0.1) is 6.92 Å². The average Bonchev–Trinajstić information content (AvgIpc) is 2.64. The maximum atomic E-state index is 12.4. The lowest BCUT2D eigenvalue weighted by Gasteiger charge is -2.14. The van der Waals surface area contributed by atoms with E-state index in [1.807, 2.05) is 25.1 Å². The normalized spacial score (nSPS) is 10.1. The van der Waals surface area contributed by atoms with Crippen molar-refractivity contribution in [3.63, 3.8) is 0 Å². The second kappa shape index (κ2) is 8.28. The maximum Gasteiger partial charge on any atom is 0.338 e. The molecular weight excluding hydrogens is 324 g/mol. The lowest BCUT2D eigenvalue weighted by atomic mass is 10.1. The van der Waals surface area contributed by atoms with E-state index in [0.717, 1.165) is 11.1 Å². The molecule has 0 atom stereocenters. The smallest absolute Gasteiger partial charge is 0.338 e. The van der Waals surface area contributed by atoms with Crippen molar-refractivity contribution in [2.45, 2.75) is 13.5 Å². The Balaban J connectivity index is 2.23. The Hall–Kier alpha value is -2.89. The number of hydrogen-bond donors (Lipinski definition) is 0. The largest absolute Gasteiger partial charge is 0.496 e. The van der Waals surface area contributed by atoms with E-state index >= 15 is 0 Å². The first-order valence-electron chi connectivity index (χ1n) is 7.64. The van der Waals surface area contributed by atoms with Crippen molar-refractivity contribution >= 4 is 5.97 Å². The molecule has 0 fully saturated rings. The summed E-state index contributed by atoms with van der Waals surface area (Å²) in [6.07, 6.45) is 0. The number of carbonyl (C=O) groups is 1. The lowest BCUT2D eigenvalue weighted by Crippen LogP contribution is -2.07. The van der Waals surface area contributed by atoms with Crippen LogP contribution >= 0.6 is 0 Å². The van der Waals surface area contributed by atoms with Crippen molar-refractivity contribution in [1.82, 2.24) is 0 Å². The van der Waals surface area contributed by atoms with E-state index in [-0.39, 0.29) is 6.61 Å². The van der Waals surface area contributed by atoms with Gasteiger partial charge in [0, 0.05) is 5.56 Å². The molecule has 0 amide bonds. The molecule has 0 saturated heterocycles. The molecule has 0 aliphatic heterocycles. The number of aryl methyl sites for hydroxylation is 1. The van der Waals surface area contributed by atoms with Crippen LogP contribution in [0.15, 0.2) is 30.3 Å². The van der Waals surface area contributed by atoms with Gasteiger partial charge >= 0.3 is 5.97 Å². The predicted octanol–water partition coefficient (Wildman–Crippen LogP) is 3.39. The number of benzene rings is 2. The third kappa shape index (κ3) is 4.15. The van der Waals surface area contributed by atoms with E-state index in [4.69, 9.17) is 23.7 Å². The molecule has 0 aliphatic rings. The number of rotatable bonds is 7. The first-order chi connectivity index (χ1) is 12.0. The minimum absolute atomic E-state index is 0.0976.